The standard InChI is InChI=1S/C14H20N4O2/c1-10(16-14(15)20)13(19)18-8-7-12(9-18)17-11-5-3-2-4-6-11/h2-6,10,12,17H,7-9H2,1H3,(H3,15,16,20). The summed E-state index contributed by atoms with van der Waals surface area (Å²) >= 11 is 0. The first-order chi connectivity index (χ1) is 9.56. The number of para-hydroxylation sites is 1. The molecule has 1 fully saturated rings. The van der Waals surface area contributed by atoms with Crippen LogP contribution in [0.1, 0.15) is 13.3 Å². The van der Waals surface area contributed by atoms with E-state index in [1.165, 1.54) is 0 Å². The van der Waals surface area contributed by atoms with Gasteiger partial charge in [0.2, 0.25) is 5.91 Å². The molecule has 108 valence electrons. The number of anilines is 1. The number of likely N-dealkylation sites (tertiary alicyclic amines) is 1. The Morgan fingerprint density at radius 3 is 2.70 bits per heavy atom. The Kier molecular flexibility index (Phi) is 4.45. The van der Waals surface area contributed by atoms with Crippen molar-refractivity contribution < 1.29 is 9.59 Å². The minimum atomic E-state index is -0.677. The van der Waals surface area contributed by atoms with Crippen LogP contribution in [0, 0.1) is 0 Å². The second-order valence-electron chi connectivity index (χ2n) is 5.01. The third-order valence-corrected chi connectivity index (χ3v) is 3.37. The molecular weight excluding hydrogens is 256 g/mol. The molecule has 0 saturated carbocycles. The monoisotopic (exact) mass is 276 g/mol. The Balaban J connectivity index is 1.86. The summed E-state index contributed by atoms with van der Waals surface area (Å²) in [5.41, 5.74) is 6.08. The lowest BCUT2D eigenvalue weighted by molar-refractivity contribution is -0.131. The van der Waals surface area contributed by atoms with E-state index in [0.717, 1.165) is 12.1 Å². The van der Waals surface area contributed by atoms with Gasteiger partial charge in [0, 0.05) is 24.8 Å². The molecule has 3 amide bonds. The number of rotatable bonds is 4. The van der Waals surface area contributed by atoms with E-state index < -0.39 is 12.1 Å². The molecule has 1 aliphatic heterocycles. The van der Waals surface area contributed by atoms with E-state index in [9.17, 15) is 9.59 Å². The number of hydrogen-bond donors (Lipinski definition) is 3. The van der Waals surface area contributed by atoms with Crippen LogP contribution in [0.25, 0.3) is 0 Å². The lowest BCUT2D eigenvalue weighted by Crippen LogP contribution is -2.48. The Morgan fingerprint density at radius 2 is 2.05 bits per heavy atom. The number of nitrogens with two attached hydrogens (primary N) is 1. The number of hydrogen-bond acceptors (Lipinski definition) is 3. The average molecular weight is 276 g/mol. The molecule has 1 aliphatic rings. The zero-order valence-corrected chi connectivity index (χ0v) is 11.5. The van der Waals surface area contributed by atoms with Crippen LogP contribution >= 0.6 is 0 Å². The highest BCUT2D eigenvalue weighted by molar-refractivity contribution is 5.86. The molecule has 0 spiro atoms. The third-order valence-electron chi connectivity index (χ3n) is 3.37. The van der Waals surface area contributed by atoms with Crippen LogP contribution in [-0.2, 0) is 4.79 Å². The summed E-state index contributed by atoms with van der Waals surface area (Å²) in [5, 5.41) is 5.81. The molecular formula is C14H20N4O2. The lowest BCUT2D eigenvalue weighted by Gasteiger charge is -2.21. The maximum Gasteiger partial charge on any atom is 0.312 e. The molecule has 2 unspecified atom stereocenters. The fourth-order valence-corrected chi connectivity index (χ4v) is 2.40. The molecule has 6 heteroatoms. The van der Waals surface area contributed by atoms with Crippen molar-refractivity contribution in [1.29, 1.82) is 0 Å². The number of amides is 3. The van der Waals surface area contributed by atoms with Gasteiger partial charge in [-0.15, -0.1) is 0 Å². The van der Waals surface area contributed by atoms with Gasteiger partial charge >= 0.3 is 6.03 Å². The molecule has 1 aromatic carbocycles. The molecule has 0 aliphatic carbocycles. The summed E-state index contributed by atoms with van der Waals surface area (Å²) in [6.07, 6.45) is 0.893. The molecule has 6 nitrogen and oxygen atoms in total. The largest absolute Gasteiger partial charge is 0.380 e. The quantitative estimate of drug-likeness (QED) is 0.758. The molecule has 4 N–H and O–H groups in total. The highest BCUT2D eigenvalue weighted by Gasteiger charge is 2.29. The van der Waals surface area contributed by atoms with Gasteiger partial charge < -0.3 is 21.3 Å². The number of carbonyl (C=O) groups excluding carboxylic acids is 2. The molecule has 0 aromatic heterocycles. The van der Waals surface area contributed by atoms with Crippen LogP contribution < -0.4 is 16.4 Å². The number of nitrogens with zero attached hydrogens (tertiary/aromatic N) is 1. The van der Waals surface area contributed by atoms with Crippen LogP contribution in [-0.4, -0.2) is 42.0 Å². The lowest BCUT2D eigenvalue weighted by atomic mass is 10.2. The fraction of sp³-hybridized carbons (Fsp3) is 0.429. The smallest absolute Gasteiger partial charge is 0.312 e. The van der Waals surface area contributed by atoms with Crippen molar-refractivity contribution in [1.82, 2.24) is 10.2 Å². The summed E-state index contributed by atoms with van der Waals surface area (Å²) in [5.74, 6) is -0.0961. The van der Waals surface area contributed by atoms with Crippen molar-refractivity contribution in [2.45, 2.75) is 25.4 Å². The Morgan fingerprint density at radius 1 is 1.35 bits per heavy atom. The van der Waals surface area contributed by atoms with Crippen LogP contribution in [0.15, 0.2) is 30.3 Å². The Hall–Kier alpha value is -2.24. The predicted molar refractivity (Wildman–Crippen MR) is 77.2 cm³/mol. The summed E-state index contributed by atoms with van der Waals surface area (Å²) < 4.78 is 0. The summed E-state index contributed by atoms with van der Waals surface area (Å²) in [6, 6.07) is 8.89. The average Bonchev–Trinajstić information content (AvgIpc) is 2.86. The van der Waals surface area contributed by atoms with Crippen LogP contribution in [0.3, 0.4) is 0 Å². The Labute approximate surface area is 118 Å². The van der Waals surface area contributed by atoms with Crippen molar-refractivity contribution in [3.8, 4) is 0 Å². The van der Waals surface area contributed by atoms with E-state index in [0.29, 0.717) is 13.1 Å². The molecule has 1 aromatic rings. The SMILES string of the molecule is CC(NC(N)=O)C(=O)N1CCC(Nc2ccccc2)C1. The normalized spacial score (nSPS) is 19.4. The first-order valence-corrected chi connectivity index (χ1v) is 6.72. The van der Waals surface area contributed by atoms with E-state index >= 15 is 0 Å². The van der Waals surface area contributed by atoms with Crippen LogP contribution in [0.4, 0.5) is 10.5 Å². The van der Waals surface area contributed by atoms with Gasteiger partial charge in [-0.3, -0.25) is 4.79 Å². The highest BCUT2D eigenvalue weighted by atomic mass is 16.2. The van der Waals surface area contributed by atoms with E-state index in [1.807, 2.05) is 30.3 Å². The zero-order valence-electron chi connectivity index (χ0n) is 11.5. The van der Waals surface area contributed by atoms with E-state index in [2.05, 4.69) is 10.6 Å². The number of primary amides is 1. The van der Waals surface area contributed by atoms with Gasteiger partial charge in [-0.05, 0) is 25.5 Å². The summed E-state index contributed by atoms with van der Waals surface area (Å²) in [4.78, 5) is 24.6. The number of benzene rings is 1. The van der Waals surface area contributed by atoms with Crippen molar-refractivity contribution in [3.05, 3.63) is 30.3 Å². The molecule has 1 saturated heterocycles. The van der Waals surface area contributed by atoms with Gasteiger partial charge in [0.15, 0.2) is 0 Å². The zero-order chi connectivity index (χ0) is 14.5. The second kappa shape index (κ2) is 6.27. The molecule has 0 radical (unpaired) electrons. The van der Waals surface area contributed by atoms with E-state index in [-0.39, 0.29) is 11.9 Å². The van der Waals surface area contributed by atoms with Gasteiger partial charge in [0.1, 0.15) is 6.04 Å². The van der Waals surface area contributed by atoms with Crippen molar-refractivity contribution >= 4 is 17.6 Å². The van der Waals surface area contributed by atoms with Gasteiger partial charge in [-0.25, -0.2) is 4.79 Å². The summed E-state index contributed by atoms with van der Waals surface area (Å²) in [7, 11) is 0. The first kappa shape index (κ1) is 14.2. The minimum Gasteiger partial charge on any atom is -0.380 e. The second-order valence-corrected chi connectivity index (χ2v) is 5.01. The fourth-order valence-electron chi connectivity index (χ4n) is 2.40. The van der Waals surface area contributed by atoms with Crippen molar-refractivity contribution in [2.75, 3.05) is 18.4 Å². The topological polar surface area (TPSA) is 87.5 Å². The highest BCUT2D eigenvalue weighted by Crippen LogP contribution is 2.16. The van der Waals surface area contributed by atoms with Gasteiger partial charge in [-0.1, -0.05) is 18.2 Å². The summed E-state index contributed by atoms with van der Waals surface area (Å²) in [6.45, 7) is 2.97. The minimum absolute atomic E-state index is 0.0961. The number of nitrogens with one attached hydrogen (secondary N) is 2. The third kappa shape index (κ3) is 3.63. The van der Waals surface area contributed by atoms with Gasteiger partial charge in [0.25, 0.3) is 0 Å². The molecule has 20 heavy (non-hydrogen) atoms. The van der Waals surface area contributed by atoms with Crippen LogP contribution in [0.2, 0.25) is 0 Å². The molecule has 1 heterocycles. The van der Waals surface area contributed by atoms with E-state index in [4.69, 9.17) is 5.73 Å². The van der Waals surface area contributed by atoms with Crippen molar-refractivity contribution in [3.63, 3.8) is 0 Å². The van der Waals surface area contributed by atoms with E-state index in [1.54, 1.807) is 11.8 Å². The maximum absolute atomic E-state index is 12.1. The Bertz CT molecular complexity index is 477. The molecule has 2 rings (SSSR count). The van der Waals surface area contributed by atoms with Crippen LogP contribution in [0.5, 0.6) is 0 Å². The predicted octanol–water partition coefficient (Wildman–Crippen LogP) is 0.756. The van der Waals surface area contributed by atoms with Gasteiger partial charge in [-0.2, -0.15) is 0 Å². The molecule has 2 atom stereocenters. The molecule has 0 bridgehead atoms. The van der Waals surface area contributed by atoms with Crippen molar-refractivity contribution in [2.24, 2.45) is 5.73 Å². The number of urea groups is 1. The first-order valence-electron chi connectivity index (χ1n) is 6.72. The maximum atomic E-state index is 12.1. The van der Waals surface area contributed by atoms with Gasteiger partial charge in [0.05, 0.1) is 0 Å². The number of carbonyl (C=O) groups is 2.